The lowest BCUT2D eigenvalue weighted by molar-refractivity contribution is 0.330. The van der Waals surface area contributed by atoms with Gasteiger partial charge in [-0.05, 0) is 19.1 Å². The van der Waals surface area contributed by atoms with Crippen molar-refractivity contribution >= 4 is 0 Å². The molecular formula is C14H20N4O. The Kier molecular flexibility index (Phi) is 3.95. The van der Waals surface area contributed by atoms with E-state index in [0.29, 0.717) is 12.4 Å². The summed E-state index contributed by atoms with van der Waals surface area (Å²) >= 11 is 0. The molecule has 0 saturated carbocycles. The summed E-state index contributed by atoms with van der Waals surface area (Å²) in [4.78, 5) is 8.69. The summed E-state index contributed by atoms with van der Waals surface area (Å²) in [6, 6.07) is 5.86. The largest absolute Gasteiger partial charge is 0.338 e. The first-order valence-corrected chi connectivity index (χ1v) is 6.44. The van der Waals surface area contributed by atoms with Crippen molar-refractivity contribution in [2.45, 2.75) is 45.7 Å². The highest BCUT2D eigenvalue weighted by Crippen LogP contribution is 2.20. The summed E-state index contributed by atoms with van der Waals surface area (Å²) in [6.45, 7) is 8.87. The highest BCUT2D eigenvalue weighted by atomic mass is 16.5. The number of hydrogen-bond acceptors (Lipinski definition) is 5. The maximum absolute atomic E-state index is 5.30. The number of pyridine rings is 1. The molecule has 0 fully saturated rings. The van der Waals surface area contributed by atoms with E-state index in [0.717, 1.165) is 11.5 Å². The van der Waals surface area contributed by atoms with Crippen LogP contribution in [0.4, 0.5) is 0 Å². The van der Waals surface area contributed by atoms with Gasteiger partial charge in [0.2, 0.25) is 5.89 Å². The van der Waals surface area contributed by atoms with Crippen molar-refractivity contribution in [3.05, 3.63) is 41.8 Å². The summed E-state index contributed by atoms with van der Waals surface area (Å²) in [7, 11) is 0. The molecule has 0 saturated heterocycles. The predicted molar refractivity (Wildman–Crippen MR) is 72.5 cm³/mol. The second-order valence-electron chi connectivity index (χ2n) is 5.63. The minimum absolute atomic E-state index is 0.00519. The molecular weight excluding hydrogens is 240 g/mol. The van der Waals surface area contributed by atoms with Gasteiger partial charge in [0.25, 0.3) is 0 Å². The van der Waals surface area contributed by atoms with Gasteiger partial charge in [-0.1, -0.05) is 32.0 Å². The Labute approximate surface area is 113 Å². The zero-order valence-corrected chi connectivity index (χ0v) is 11.8. The molecule has 0 aliphatic rings. The molecule has 0 spiro atoms. The Morgan fingerprint density at radius 2 is 2.11 bits per heavy atom. The maximum atomic E-state index is 5.30. The van der Waals surface area contributed by atoms with Crippen LogP contribution in [0.5, 0.6) is 0 Å². The number of aromatic nitrogens is 3. The smallest absolute Gasteiger partial charge is 0.243 e. The summed E-state index contributed by atoms with van der Waals surface area (Å²) < 4.78 is 5.30. The van der Waals surface area contributed by atoms with E-state index in [1.807, 2.05) is 25.1 Å². The number of nitrogens with one attached hydrogen (secondary N) is 1. The Morgan fingerprint density at radius 1 is 1.32 bits per heavy atom. The molecule has 2 heterocycles. The van der Waals surface area contributed by atoms with Crippen LogP contribution in [0.15, 0.2) is 28.9 Å². The maximum Gasteiger partial charge on any atom is 0.243 e. The van der Waals surface area contributed by atoms with Crippen molar-refractivity contribution in [3.63, 3.8) is 0 Å². The molecule has 1 unspecified atom stereocenters. The molecule has 0 bridgehead atoms. The Hall–Kier alpha value is -1.75. The lowest BCUT2D eigenvalue weighted by Gasteiger charge is -2.11. The molecule has 0 amide bonds. The van der Waals surface area contributed by atoms with Crippen molar-refractivity contribution in [2.24, 2.45) is 0 Å². The van der Waals surface area contributed by atoms with Crippen LogP contribution < -0.4 is 5.32 Å². The van der Waals surface area contributed by atoms with E-state index in [-0.39, 0.29) is 11.5 Å². The zero-order valence-electron chi connectivity index (χ0n) is 11.8. The number of nitrogens with zero attached hydrogens (tertiary/aromatic N) is 3. The third kappa shape index (κ3) is 3.61. The molecule has 0 aromatic carbocycles. The first-order chi connectivity index (χ1) is 8.97. The fraction of sp³-hybridized carbons (Fsp3) is 0.500. The second kappa shape index (κ2) is 5.48. The molecule has 2 aromatic rings. The highest BCUT2D eigenvalue weighted by Gasteiger charge is 2.22. The van der Waals surface area contributed by atoms with Gasteiger partial charge in [-0.3, -0.25) is 4.98 Å². The third-order valence-electron chi connectivity index (χ3n) is 2.80. The number of rotatable bonds is 4. The fourth-order valence-corrected chi connectivity index (χ4v) is 1.56. The fourth-order valence-electron chi connectivity index (χ4n) is 1.56. The van der Waals surface area contributed by atoms with Crippen LogP contribution in [0.3, 0.4) is 0 Å². The highest BCUT2D eigenvalue weighted by molar-refractivity contribution is 5.05. The molecule has 5 heteroatoms. The van der Waals surface area contributed by atoms with Crippen molar-refractivity contribution in [3.8, 4) is 0 Å². The predicted octanol–water partition coefficient (Wildman–Crippen LogP) is 2.61. The van der Waals surface area contributed by atoms with E-state index >= 15 is 0 Å². The Morgan fingerprint density at radius 3 is 2.68 bits per heavy atom. The van der Waals surface area contributed by atoms with Crippen molar-refractivity contribution in [1.29, 1.82) is 0 Å². The van der Waals surface area contributed by atoms with E-state index in [4.69, 9.17) is 4.52 Å². The van der Waals surface area contributed by atoms with Gasteiger partial charge < -0.3 is 9.84 Å². The monoisotopic (exact) mass is 260 g/mol. The van der Waals surface area contributed by atoms with Gasteiger partial charge in [0.1, 0.15) is 0 Å². The lowest BCUT2D eigenvalue weighted by Crippen LogP contribution is -2.19. The molecule has 1 atom stereocenters. The van der Waals surface area contributed by atoms with Crippen molar-refractivity contribution < 1.29 is 4.52 Å². The first-order valence-electron chi connectivity index (χ1n) is 6.44. The molecule has 0 radical (unpaired) electrons. The van der Waals surface area contributed by atoms with Gasteiger partial charge in [0.15, 0.2) is 5.82 Å². The topological polar surface area (TPSA) is 63.8 Å². The minimum atomic E-state index is -0.0948. The van der Waals surface area contributed by atoms with Gasteiger partial charge >= 0.3 is 0 Å². The normalized spacial score (nSPS) is 13.5. The van der Waals surface area contributed by atoms with E-state index in [1.54, 1.807) is 6.20 Å². The molecule has 0 aliphatic heterocycles. The first kappa shape index (κ1) is 13.7. The molecule has 19 heavy (non-hydrogen) atoms. The van der Waals surface area contributed by atoms with Crippen molar-refractivity contribution in [1.82, 2.24) is 20.4 Å². The minimum Gasteiger partial charge on any atom is -0.338 e. The van der Waals surface area contributed by atoms with E-state index in [9.17, 15) is 0 Å². The van der Waals surface area contributed by atoms with Crippen LogP contribution in [0.25, 0.3) is 0 Å². The van der Waals surface area contributed by atoms with Gasteiger partial charge in [0, 0.05) is 18.2 Å². The second-order valence-corrected chi connectivity index (χ2v) is 5.63. The standard InChI is InChI=1S/C14H20N4O/c1-10(16-9-11-7-5-6-8-15-11)12-17-13(18-19-12)14(2,3)4/h5-8,10,16H,9H2,1-4H3. The summed E-state index contributed by atoms with van der Waals surface area (Å²) in [6.07, 6.45) is 1.78. The van der Waals surface area contributed by atoms with Gasteiger partial charge in [-0.25, -0.2) is 0 Å². The Balaban J connectivity index is 1.97. The molecule has 1 N–H and O–H groups in total. The molecule has 2 rings (SSSR count). The van der Waals surface area contributed by atoms with E-state index < -0.39 is 0 Å². The van der Waals surface area contributed by atoms with Gasteiger partial charge in [0.05, 0.1) is 11.7 Å². The van der Waals surface area contributed by atoms with Crippen LogP contribution in [0.1, 0.15) is 51.1 Å². The average Bonchev–Trinajstić information content (AvgIpc) is 2.87. The van der Waals surface area contributed by atoms with Crippen LogP contribution in [-0.4, -0.2) is 15.1 Å². The van der Waals surface area contributed by atoms with Crippen LogP contribution >= 0.6 is 0 Å². The Bertz CT molecular complexity index is 516. The third-order valence-corrected chi connectivity index (χ3v) is 2.80. The number of hydrogen-bond donors (Lipinski definition) is 1. The average molecular weight is 260 g/mol. The molecule has 0 aliphatic carbocycles. The zero-order chi connectivity index (χ0) is 13.9. The quantitative estimate of drug-likeness (QED) is 0.915. The summed E-state index contributed by atoms with van der Waals surface area (Å²) in [5.41, 5.74) is 0.896. The SMILES string of the molecule is CC(NCc1ccccn1)c1nc(C(C)(C)C)no1. The van der Waals surface area contributed by atoms with Gasteiger partial charge in [-0.2, -0.15) is 4.98 Å². The molecule has 102 valence electrons. The van der Waals surface area contributed by atoms with E-state index in [1.165, 1.54) is 0 Å². The summed E-state index contributed by atoms with van der Waals surface area (Å²) in [5, 5.41) is 7.34. The van der Waals surface area contributed by atoms with Crippen LogP contribution in [-0.2, 0) is 12.0 Å². The van der Waals surface area contributed by atoms with Crippen LogP contribution in [0.2, 0.25) is 0 Å². The lowest BCUT2D eigenvalue weighted by atomic mass is 9.96. The van der Waals surface area contributed by atoms with E-state index in [2.05, 4.69) is 41.2 Å². The molecule has 5 nitrogen and oxygen atoms in total. The van der Waals surface area contributed by atoms with Gasteiger partial charge in [-0.15, -0.1) is 0 Å². The van der Waals surface area contributed by atoms with Crippen molar-refractivity contribution in [2.75, 3.05) is 0 Å². The van der Waals surface area contributed by atoms with Crippen LogP contribution in [0, 0.1) is 0 Å². The molecule has 2 aromatic heterocycles. The summed E-state index contributed by atoms with van der Waals surface area (Å²) in [5.74, 6) is 1.34.